The molecule has 3 atom stereocenters. The SMILES string of the molecule is CCC(NC(=O)C(c1ccccc1)N1CCCC(NS(C)(=O)=O)(C(C)C)C1=O)B(O)O. The number of carbonyl (C=O) groups excluding carboxylic acids is 2. The molecule has 0 radical (unpaired) electrons. The monoisotopic (exact) mass is 453 g/mol. The van der Waals surface area contributed by atoms with Gasteiger partial charge in [-0.25, -0.2) is 8.42 Å². The lowest BCUT2D eigenvalue weighted by atomic mass is 9.77. The molecule has 9 nitrogen and oxygen atoms in total. The van der Waals surface area contributed by atoms with Crippen molar-refractivity contribution in [3.8, 4) is 0 Å². The van der Waals surface area contributed by atoms with Crippen molar-refractivity contribution >= 4 is 29.0 Å². The third kappa shape index (κ3) is 5.85. The Morgan fingerprint density at radius 2 is 1.87 bits per heavy atom. The zero-order valence-electron chi connectivity index (χ0n) is 18.4. The van der Waals surface area contributed by atoms with Crippen LogP contribution in [0.15, 0.2) is 30.3 Å². The van der Waals surface area contributed by atoms with Crippen LogP contribution < -0.4 is 10.0 Å². The molecule has 11 heteroatoms. The summed E-state index contributed by atoms with van der Waals surface area (Å²) in [5.74, 6) is -2.28. The zero-order valence-corrected chi connectivity index (χ0v) is 19.2. The van der Waals surface area contributed by atoms with Gasteiger partial charge in [0, 0.05) is 6.54 Å². The highest BCUT2D eigenvalue weighted by molar-refractivity contribution is 7.88. The smallest absolute Gasteiger partial charge is 0.426 e. The van der Waals surface area contributed by atoms with E-state index in [9.17, 15) is 28.1 Å². The van der Waals surface area contributed by atoms with Crippen molar-refractivity contribution in [3.05, 3.63) is 35.9 Å². The van der Waals surface area contributed by atoms with Gasteiger partial charge in [-0.05, 0) is 30.7 Å². The van der Waals surface area contributed by atoms with Crippen LogP contribution in [0.1, 0.15) is 51.6 Å². The first-order valence-corrected chi connectivity index (χ1v) is 12.3. The van der Waals surface area contributed by atoms with Crippen LogP contribution in [0.4, 0.5) is 0 Å². The topological polar surface area (TPSA) is 136 Å². The van der Waals surface area contributed by atoms with Gasteiger partial charge in [0.05, 0.1) is 12.2 Å². The molecule has 1 aromatic carbocycles. The Labute approximate surface area is 184 Å². The van der Waals surface area contributed by atoms with E-state index in [0.29, 0.717) is 18.4 Å². The third-order valence-corrected chi connectivity index (χ3v) is 6.50. The number of sulfonamides is 1. The van der Waals surface area contributed by atoms with Gasteiger partial charge < -0.3 is 20.3 Å². The molecular formula is C20H32BN3O6S. The summed E-state index contributed by atoms with van der Waals surface area (Å²) < 4.78 is 26.7. The molecule has 172 valence electrons. The van der Waals surface area contributed by atoms with Crippen LogP contribution in [0.5, 0.6) is 0 Å². The van der Waals surface area contributed by atoms with Crippen LogP contribution in [0.3, 0.4) is 0 Å². The van der Waals surface area contributed by atoms with Crippen LogP contribution in [-0.2, 0) is 19.6 Å². The standard InChI is InChI=1S/C20H32BN3O6S/c1-5-16(21(27)28)22-18(25)17(15-10-7-6-8-11-15)24-13-9-12-20(14(2)3,19(24)26)23-31(4,29)30/h6-8,10-11,14,16-17,23,27-28H,5,9,12-13H2,1-4H3,(H,22,25). The minimum atomic E-state index is -3.69. The summed E-state index contributed by atoms with van der Waals surface area (Å²) in [6.45, 7) is 5.51. The molecular weight excluding hydrogens is 421 g/mol. The molecule has 0 spiro atoms. The summed E-state index contributed by atoms with van der Waals surface area (Å²) in [5, 5.41) is 21.7. The van der Waals surface area contributed by atoms with Crippen LogP contribution >= 0.6 is 0 Å². The molecule has 1 aliphatic heterocycles. The summed E-state index contributed by atoms with van der Waals surface area (Å²) in [6.07, 6.45) is 2.12. The minimum absolute atomic E-state index is 0.268. The minimum Gasteiger partial charge on any atom is -0.426 e. The van der Waals surface area contributed by atoms with E-state index in [4.69, 9.17) is 0 Å². The largest absolute Gasteiger partial charge is 0.475 e. The van der Waals surface area contributed by atoms with Crippen molar-refractivity contribution in [2.45, 2.75) is 57.6 Å². The molecule has 1 fully saturated rings. The predicted octanol–water partition coefficient (Wildman–Crippen LogP) is 0.201. The number of benzene rings is 1. The molecule has 0 aromatic heterocycles. The maximum Gasteiger partial charge on any atom is 0.475 e. The normalized spacial score (nSPS) is 21.6. The summed E-state index contributed by atoms with van der Waals surface area (Å²) in [7, 11) is -5.44. The fourth-order valence-electron chi connectivity index (χ4n) is 4.08. The van der Waals surface area contributed by atoms with Gasteiger partial charge in [-0.3, -0.25) is 9.59 Å². The second-order valence-electron chi connectivity index (χ2n) is 8.35. The van der Waals surface area contributed by atoms with Gasteiger partial charge in [-0.2, -0.15) is 4.72 Å². The molecule has 1 aliphatic rings. The van der Waals surface area contributed by atoms with Gasteiger partial charge >= 0.3 is 7.12 Å². The lowest BCUT2D eigenvalue weighted by Crippen LogP contribution is -2.66. The van der Waals surface area contributed by atoms with Crippen LogP contribution in [0, 0.1) is 5.92 Å². The Kier molecular flexibility index (Phi) is 8.26. The van der Waals surface area contributed by atoms with Gasteiger partial charge in [0.25, 0.3) is 0 Å². The van der Waals surface area contributed by atoms with Crippen molar-refractivity contribution in [1.29, 1.82) is 0 Å². The van der Waals surface area contributed by atoms with E-state index in [1.54, 1.807) is 51.1 Å². The molecule has 0 bridgehead atoms. The van der Waals surface area contributed by atoms with Gasteiger partial charge in [-0.1, -0.05) is 51.1 Å². The number of nitrogens with zero attached hydrogens (tertiary/aromatic N) is 1. The lowest BCUT2D eigenvalue weighted by molar-refractivity contribution is -0.150. The third-order valence-electron chi connectivity index (χ3n) is 5.77. The van der Waals surface area contributed by atoms with E-state index in [-0.39, 0.29) is 18.9 Å². The average Bonchev–Trinajstić information content (AvgIpc) is 2.68. The van der Waals surface area contributed by atoms with E-state index < -0.39 is 46.5 Å². The van der Waals surface area contributed by atoms with Gasteiger partial charge in [0.15, 0.2) is 0 Å². The van der Waals surface area contributed by atoms with Crippen molar-refractivity contribution < 1.29 is 28.1 Å². The van der Waals surface area contributed by atoms with Gasteiger partial charge in [0.2, 0.25) is 21.8 Å². The van der Waals surface area contributed by atoms with E-state index in [1.165, 1.54) is 4.90 Å². The number of carbonyl (C=O) groups is 2. The summed E-state index contributed by atoms with van der Waals surface area (Å²) in [5.41, 5.74) is -0.811. The predicted molar refractivity (Wildman–Crippen MR) is 118 cm³/mol. The summed E-state index contributed by atoms with van der Waals surface area (Å²) >= 11 is 0. The number of nitrogens with one attached hydrogen (secondary N) is 2. The molecule has 4 N–H and O–H groups in total. The number of rotatable bonds is 9. The summed E-state index contributed by atoms with van der Waals surface area (Å²) in [4.78, 5) is 28.3. The molecule has 1 heterocycles. The van der Waals surface area contributed by atoms with Gasteiger partial charge in [-0.15, -0.1) is 0 Å². The van der Waals surface area contributed by atoms with E-state index in [0.717, 1.165) is 6.26 Å². The molecule has 2 amide bonds. The first kappa shape index (κ1) is 25.3. The zero-order chi connectivity index (χ0) is 23.4. The molecule has 3 unspecified atom stereocenters. The maximum absolute atomic E-state index is 13.7. The molecule has 2 rings (SSSR count). The van der Waals surface area contributed by atoms with Gasteiger partial charge in [0.1, 0.15) is 11.6 Å². The second kappa shape index (κ2) is 10.1. The van der Waals surface area contributed by atoms with E-state index >= 15 is 0 Å². The lowest BCUT2D eigenvalue weighted by Gasteiger charge is -2.46. The number of hydrogen-bond donors (Lipinski definition) is 4. The van der Waals surface area contributed by atoms with E-state index in [1.807, 2.05) is 0 Å². The molecule has 0 saturated carbocycles. The maximum atomic E-state index is 13.7. The highest BCUT2D eigenvalue weighted by atomic mass is 32.2. The number of piperidine rings is 1. The number of likely N-dealkylation sites (tertiary alicyclic amines) is 1. The van der Waals surface area contributed by atoms with Crippen molar-refractivity contribution in [2.75, 3.05) is 12.8 Å². The molecule has 31 heavy (non-hydrogen) atoms. The average molecular weight is 453 g/mol. The Hall–Kier alpha value is -1.95. The first-order valence-electron chi connectivity index (χ1n) is 10.4. The fraction of sp³-hybridized carbons (Fsp3) is 0.600. The molecule has 1 saturated heterocycles. The fourth-order valence-corrected chi connectivity index (χ4v) is 5.16. The van der Waals surface area contributed by atoms with Crippen molar-refractivity contribution in [3.63, 3.8) is 0 Å². The Morgan fingerprint density at radius 1 is 1.26 bits per heavy atom. The van der Waals surface area contributed by atoms with Crippen molar-refractivity contribution in [1.82, 2.24) is 14.9 Å². The van der Waals surface area contributed by atoms with Crippen molar-refractivity contribution in [2.24, 2.45) is 5.92 Å². The van der Waals surface area contributed by atoms with Crippen LogP contribution in [-0.4, -0.2) is 66.6 Å². The highest BCUT2D eigenvalue weighted by Gasteiger charge is 2.51. The second-order valence-corrected chi connectivity index (χ2v) is 10.1. The van der Waals surface area contributed by atoms with E-state index in [2.05, 4.69) is 10.0 Å². The molecule has 0 aliphatic carbocycles. The quantitative estimate of drug-likeness (QED) is 0.395. The number of amides is 2. The van der Waals surface area contributed by atoms with Crippen LogP contribution in [0.25, 0.3) is 0 Å². The Balaban J connectivity index is 2.50. The highest BCUT2D eigenvalue weighted by Crippen LogP contribution is 2.35. The van der Waals surface area contributed by atoms with Crippen LogP contribution in [0.2, 0.25) is 0 Å². The molecule has 1 aromatic rings. The Morgan fingerprint density at radius 3 is 2.35 bits per heavy atom. The number of hydrogen-bond acceptors (Lipinski definition) is 6. The summed E-state index contributed by atoms with van der Waals surface area (Å²) in [6, 6.07) is 7.65. The Bertz CT molecular complexity index is 880. The first-order chi connectivity index (χ1) is 14.4.